The highest BCUT2D eigenvalue weighted by atomic mass is 16.6. The number of hydrogen-bond donors (Lipinski definition) is 1. The van der Waals surface area contributed by atoms with Crippen LogP contribution in [0.5, 0.6) is 5.95 Å². The van der Waals surface area contributed by atoms with Crippen molar-refractivity contribution in [2.45, 2.75) is 13.0 Å². The highest BCUT2D eigenvalue weighted by Crippen LogP contribution is 2.26. The van der Waals surface area contributed by atoms with Gasteiger partial charge in [0, 0.05) is 6.07 Å². The summed E-state index contributed by atoms with van der Waals surface area (Å²) in [5.41, 5.74) is 2.42. The molecular formula is C13H16BNO2. The van der Waals surface area contributed by atoms with Gasteiger partial charge in [-0.1, -0.05) is 29.8 Å². The molecule has 1 N–H and O–H groups in total. The van der Waals surface area contributed by atoms with Crippen molar-refractivity contribution in [3.8, 4) is 5.95 Å². The maximum atomic E-state index is 5.60. The van der Waals surface area contributed by atoms with Gasteiger partial charge in [-0.3, -0.25) is 0 Å². The van der Waals surface area contributed by atoms with Gasteiger partial charge in [0.05, 0.1) is 13.2 Å². The number of methoxy groups -OCH3 is 1. The fourth-order valence-electron chi connectivity index (χ4n) is 1.92. The van der Waals surface area contributed by atoms with Gasteiger partial charge in [0.15, 0.2) is 7.98 Å². The Balaban J connectivity index is 2.33. The molecule has 0 aliphatic rings. The second-order valence-corrected chi connectivity index (χ2v) is 4.00. The van der Waals surface area contributed by atoms with Gasteiger partial charge in [-0.15, -0.1) is 0 Å². The maximum absolute atomic E-state index is 5.60. The Labute approximate surface area is 102 Å². The first kappa shape index (κ1) is 11.8. The monoisotopic (exact) mass is 229 g/mol. The van der Waals surface area contributed by atoms with Crippen LogP contribution in [0.2, 0.25) is 0 Å². The molecule has 0 bridgehead atoms. The third-order valence-electron chi connectivity index (χ3n) is 2.75. The van der Waals surface area contributed by atoms with Crippen LogP contribution in [-0.2, 0) is 0 Å². The van der Waals surface area contributed by atoms with Crippen LogP contribution in [0, 0.1) is 6.92 Å². The number of furan rings is 1. The summed E-state index contributed by atoms with van der Waals surface area (Å²) in [5.74, 6) is 1.39. The summed E-state index contributed by atoms with van der Waals surface area (Å²) < 4.78 is 10.7. The highest BCUT2D eigenvalue weighted by Gasteiger charge is 2.15. The zero-order valence-electron chi connectivity index (χ0n) is 10.4. The zero-order chi connectivity index (χ0) is 12.3. The van der Waals surface area contributed by atoms with Gasteiger partial charge in [-0.25, -0.2) is 0 Å². The second kappa shape index (κ2) is 5.10. The minimum absolute atomic E-state index is 0.0544. The third-order valence-corrected chi connectivity index (χ3v) is 2.75. The van der Waals surface area contributed by atoms with E-state index < -0.39 is 0 Å². The number of ether oxygens (including phenoxy) is 1. The third kappa shape index (κ3) is 2.53. The van der Waals surface area contributed by atoms with Crippen molar-refractivity contribution in [2.24, 2.45) is 0 Å². The smallest absolute Gasteiger partial charge is 0.284 e. The summed E-state index contributed by atoms with van der Waals surface area (Å²) >= 11 is 0. The van der Waals surface area contributed by atoms with Crippen LogP contribution in [0.1, 0.15) is 22.9 Å². The van der Waals surface area contributed by atoms with Gasteiger partial charge in [0.2, 0.25) is 0 Å². The molecule has 17 heavy (non-hydrogen) atoms. The van der Waals surface area contributed by atoms with Gasteiger partial charge in [0.25, 0.3) is 5.95 Å². The molecule has 1 unspecified atom stereocenters. The Morgan fingerprint density at radius 3 is 2.71 bits per heavy atom. The van der Waals surface area contributed by atoms with E-state index in [9.17, 15) is 0 Å². The quantitative estimate of drug-likeness (QED) is 0.812. The molecule has 2 rings (SSSR count). The number of rotatable bonds is 4. The average Bonchev–Trinajstić information content (AvgIpc) is 2.79. The molecule has 88 valence electrons. The van der Waals surface area contributed by atoms with Gasteiger partial charge in [-0.2, -0.15) is 0 Å². The fraction of sp³-hybridized carbons (Fsp3) is 0.231. The van der Waals surface area contributed by atoms with Crippen molar-refractivity contribution in [1.29, 1.82) is 0 Å². The molecule has 0 radical (unpaired) electrons. The van der Waals surface area contributed by atoms with E-state index in [0.717, 1.165) is 5.76 Å². The van der Waals surface area contributed by atoms with E-state index in [1.54, 1.807) is 7.11 Å². The maximum Gasteiger partial charge on any atom is 0.284 e. The molecule has 0 saturated heterocycles. The van der Waals surface area contributed by atoms with Gasteiger partial charge < -0.3 is 14.4 Å². The van der Waals surface area contributed by atoms with E-state index >= 15 is 0 Å². The number of aryl methyl sites for hydroxylation is 1. The van der Waals surface area contributed by atoms with Crippen molar-refractivity contribution in [3.63, 3.8) is 0 Å². The normalized spacial score (nSPS) is 12.4. The summed E-state index contributed by atoms with van der Waals surface area (Å²) in [4.78, 5) is 0. The lowest BCUT2D eigenvalue weighted by Crippen LogP contribution is -2.18. The number of benzene rings is 1. The molecular weight excluding hydrogens is 213 g/mol. The second-order valence-electron chi connectivity index (χ2n) is 4.00. The van der Waals surface area contributed by atoms with Crippen LogP contribution in [0.25, 0.3) is 0 Å². The molecule has 1 heterocycles. The van der Waals surface area contributed by atoms with E-state index in [1.807, 2.05) is 20.1 Å². The van der Waals surface area contributed by atoms with Crippen molar-refractivity contribution in [2.75, 3.05) is 7.11 Å². The topological polar surface area (TPSA) is 34.4 Å². The molecule has 1 aromatic heterocycles. The van der Waals surface area contributed by atoms with E-state index in [-0.39, 0.29) is 6.04 Å². The summed E-state index contributed by atoms with van der Waals surface area (Å²) in [6.07, 6.45) is 0. The Hall–Kier alpha value is -1.68. The van der Waals surface area contributed by atoms with Crippen molar-refractivity contribution < 1.29 is 9.15 Å². The number of hydrogen-bond acceptors (Lipinski definition) is 3. The molecule has 4 heteroatoms. The Morgan fingerprint density at radius 2 is 2.12 bits per heavy atom. The van der Waals surface area contributed by atoms with Gasteiger partial charge >= 0.3 is 0 Å². The first-order valence-electron chi connectivity index (χ1n) is 5.62. The first-order chi connectivity index (χ1) is 8.24. The standard InChI is InChI=1S/C13H16BNO2/c1-9-4-3-5-10(8-9)13(15-14)11-6-7-12(16-2)17-11/h3-8,13,15H,14H2,1-2H3. The van der Waals surface area contributed by atoms with Crippen LogP contribution in [-0.4, -0.2) is 15.1 Å². The number of nitrogens with one attached hydrogen (secondary N) is 1. The molecule has 0 aliphatic carbocycles. The average molecular weight is 229 g/mol. The van der Waals surface area contributed by atoms with Gasteiger partial charge in [0.1, 0.15) is 5.76 Å². The molecule has 0 aliphatic heterocycles. The first-order valence-corrected chi connectivity index (χ1v) is 5.62. The van der Waals surface area contributed by atoms with Crippen LogP contribution in [0.3, 0.4) is 0 Å². The van der Waals surface area contributed by atoms with Crippen LogP contribution in [0.4, 0.5) is 0 Å². The van der Waals surface area contributed by atoms with E-state index in [2.05, 4.69) is 36.4 Å². The fourth-order valence-corrected chi connectivity index (χ4v) is 1.92. The highest BCUT2D eigenvalue weighted by molar-refractivity contribution is 6.04. The van der Waals surface area contributed by atoms with E-state index in [1.165, 1.54) is 11.1 Å². The lowest BCUT2D eigenvalue weighted by molar-refractivity contribution is 0.290. The molecule has 3 nitrogen and oxygen atoms in total. The minimum atomic E-state index is 0.0544. The molecule has 0 fully saturated rings. The molecule has 0 spiro atoms. The SMILES string of the molecule is BNC(c1cccc(C)c1)c1ccc(OC)o1. The van der Waals surface area contributed by atoms with E-state index in [0.29, 0.717) is 5.95 Å². The zero-order valence-corrected chi connectivity index (χ0v) is 10.4. The lowest BCUT2D eigenvalue weighted by Gasteiger charge is -2.14. The summed E-state index contributed by atoms with van der Waals surface area (Å²) in [6.45, 7) is 2.08. The molecule has 2 aromatic rings. The summed E-state index contributed by atoms with van der Waals surface area (Å²) in [6, 6.07) is 12.2. The Morgan fingerprint density at radius 1 is 1.29 bits per heavy atom. The van der Waals surface area contributed by atoms with Crippen LogP contribution < -0.4 is 9.96 Å². The Kier molecular flexibility index (Phi) is 3.54. The van der Waals surface area contributed by atoms with Crippen molar-refractivity contribution >= 4 is 7.98 Å². The Bertz CT molecular complexity index is 496. The minimum Gasteiger partial charge on any atom is -0.468 e. The summed E-state index contributed by atoms with van der Waals surface area (Å²) in [5, 5.41) is 3.25. The van der Waals surface area contributed by atoms with E-state index in [4.69, 9.17) is 9.15 Å². The van der Waals surface area contributed by atoms with Crippen LogP contribution in [0.15, 0.2) is 40.8 Å². The van der Waals surface area contributed by atoms with Crippen LogP contribution >= 0.6 is 0 Å². The van der Waals surface area contributed by atoms with Crippen molar-refractivity contribution in [1.82, 2.24) is 5.23 Å². The molecule has 1 aromatic carbocycles. The molecule has 1 atom stereocenters. The summed E-state index contributed by atoms with van der Waals surface area (Å²) in [7, 11) is 3.52. The van der Waals surface area contributed by atoms with Gasteiger partial charge in [-0.05, 0) is 18.6 Å². The van der Waals surface area contributed by atoms with Crippen molar-refractivity contribution in [3.05, 3.63) is 53.3 Å². The largest absolute Gasteiger partial charge is 0.468 e. The predicted molar refractivity (Wildman–Crippen MR) is 70.0 cm³/mol. The molecule has 0 amide bonds. The molecule has 0 saturated carbocycles. The predicted octanol–water partition coefficient (Wildman–Crippen LogP) is 1.82. The lowest BCUT2D eigenvalue weighted by atomic mass is 10.0.